The van der Waals surface area contributed by atoms with Gasteiger partial charge >= 0.3 is 6.09 Å². The molecule has 0 aliphatic carbocycles. The van der Waals surface area contributed by atoms with Crippen molar-refractivity contribution in [3.63, 3.8) is 0 Å². The highest BCUT2D eigenvalue weighted by Gasteiger charge is 2.05. The van der Waals surface area contributed by atoms with Gasteiger partial charge < -0.3 is 21.9 Å². The monoisotopic (exact) mass is 342 g/mol. The van der Waals surface area contributed by atoms with Crippen LogP contribution in [0.15, 0.2) is 79.1 Å². The Kier molecular flexibility index (Phi) is 6.16. The molecular weight excluding hydrogens is 328 g/mol. The van der Waals surface area contributed by atoms with Crippen molar-refractivity contribution in [2.24, 2.45) is 0 Å². The summed E-state index contributed by atoms with van der Waals surface area (Å²) in [5.74, 6) is 1.87. The first-order valence-electron chi connectivity index (χ1n) is 7.07. The Bertz CT molecular complexity index is 765. The van der Waals surface area contributed by atoms with E-state index in [1.165, 1.54) is 0 Å². The highest BCUT2D eigenvalue weighted by molar-refractivity contribution is 5.86. The van der Waals surface area contributed by atoms with Gasteiger partial charge in [-0.2, -0.15) is 0 Å². The molecule has 2 N–H and O–H groups in total. The number of hydrogen-bond acceptors (Lipinski definition) is 3. The largest absolute Gasteiger partial charge is 1.00 e. The van der Waals surface area contributed by atoms with E-state index in [0.29, 0.717) is 22.9 Å². The summed E-state index contributed by atoms with van der Waals surface area (Å²) in [4.78, 5) is 14.7. The number of halogens is 1. The zero-order chi connectivity index (χ0) is 15.9. The van der Waals surface area contributed by atoms with Crippen molar-refractivity contribution in [3.8, 4) is 17.2 Å². The molecule has 1 amide bonds. The summed E-state index contributed by atoms with van der Waals surface area (Å²) in [5, 5.41) is 2.66. The van der Waals surface area contributed by atoms with Gasteiger partial charge in [-0.05, 0) is 42.5 Å². The number of anilines is 1. The molecular formula is C18H15ClN2O3. The van der Waals surface area contributed by atoms with E-state index in [1.807, 2.05) is 18.2 Å². The Hall–Kier alpha value is -3.05. The predicted octanol–water partition coefficient (Wildman–Crippen LogP) is 0.908. The third kappa shape index (κ3) is 5.00. The number of hydrogen-bond donors (Lipinski definition) is 1. The van der Waals surface area contributed by atoms with E-state index in [0.717, 1.165) is 0 Å². The van der Waals surface area contributed by atoms with Crippen LogP contribution in [-0.4, -0.2) is 6.09 Å². The first kappa shape index (κ1) is 17.3. The summed E-state index contributed by atoms with van der Waals surface area (Å²) in [5.41, 5.74) is 0.623. The fourth-order valence-corrected chi connectivity index (χ4v) is 1.92. The quantitative estimate of drug-likeness (QED) is 0.766. The van der Waals surface area contributed by atoms with Crippen LogP contribution in [0.2, 0.25) is 0 Å². The van der Waals surface area contributed by atoms with Gasteiger partial charge in [-0.3, -0.25) is 5.32 Å². The van der Waals surface area contributed by atoms with Gasteiger partial charge in [0.25, 0.3) is 0 Å². The van der Waals surface area contributed by atoms with Crippen molar-refractivity contribution in [2.75, 3.05) is 5.32 Å². The van der Waals surface area contributed by atoms with E-state index in [4.69, 9.17) is 9.47 Å². The highest BCUT2D eigenvalue weighted by atomic mass is 35.5. The molecule has 3 rings (SSSR count). The lowest BCUT2D eigenvalue weighted by Crippen LogP contribution is -3.00. The maximum atomic E-state index is 11.8. The normalized spacial score (nSPS) is 9.50. The second kappa shape index (κ2) is 8.55. The third-order valence-corrected chi connectivity index (χ3v) is 2.97. The van der Waals surface area contributed by atoms with Crippen LogP contribution < -0.4 is 32.2 Å². The molecule has 2 aromatic carbocycles. The summed E-state index contributed by atoms with van der Waals surface area (Å²) < 4.78 is 10.8. The maximum absolute atomic E-state index is 11.8. The molecule has 0 fully saturated rings. The fraction of sp³-hybridized carbons (Fsp3) is 0. The van der Waals surface area contributed by atoms with Gasteiger partial charge in [0, 0.05) is 11.8 Å². The third-order valence-electron chi connectivity index (χ3n) is 2.97. The van der Waals surface area contributed by atoms with Crippen molar-refractivity contribution in [1.82, 2.24) is 0 Å². The molecule has 24 heavy (non-hydrogen) atoms. The Morgan fingerprint density at radius 2 is 1.54 bits per heavy atom. The number of benzene rings is 2. The van der Waals surface area contributed by atoms with Crippen molar-refractivity contribution in [2.45, 2.75) is 0 Å². The summed E-state index contributed by atoms with van der Waals surface area (Å²) in [7, 11) is 0. The van der Waals surface area contributed by atoms with Gasteiger partial charge in [-0.1, -0.05) is 18.2 Å². The summed E-state index contributed by atoms with van der Waals surface area (Å²) in [6, 6.07) is 19.6. The molecule has 1 heterocycles. The Morgan fingerprint density at radius 1 is 0.833 bits per heavy atom. The van der Waals surface area contributed by atoms with Crippen LogP contribution in [0.3, 0.4) is 0 Å². The van der Waals surface area contributed by atoms with Gasteiger partial charge in [-0.15, -0.1) is 0 Å². The van der Waals surface area contributed by atoms with Gasteiger partial charge in [0.2, 0.25) is 6.20 Å². The molecule has 1 aromatic heterocycles. The van der Waals surface area contributed by atoms with Crippen LogP contribution in [-0.2, 0) is 0 Å². The van der Waals surface area contributed by atoms with E-state index in [9.17, 15) is 4.79 Å². The van der Waals surface area contributed by atoms with Crippen LogP contribution in [0.5, 0.6) is 17.2 Å². The minimum absolute atomic E-state index is 0. The number of aromatic nitrogens is 1. The van der Waals surface area contributed by atoms with E-state index in [2.05, 4.69) is 10.3 Å². The van der Waals surface area contributed by atoms with Gasteiger partial charge in [0.05, 0.1) is 0 Å². The number of para-hydroxylation sites is 1. The standard InChI is InChI=1S/C18H14N2O3.ClH/c21-18(23-15-5-2-1-3-6-15)20-14-8-10-16(11-9-14)22-17-7-4-12-19-13-17;/h1-13H,(H,20,21);1H. The van der Waals surface area contributed by atoms with Crippen molar-refractivity contribution < 1.29 is 31.7 Å². The molecule has 5 nitrogen and oxygen atoms in total. The molecule has 0 aliphatic heterocycles. The number of nitrogens with one attached hydrogen (secondary N) is 2. The second-order valence-corrected chi connectivity index (χ2v) is 4.69. The number of pyridine rings is 1. The minimum Gasteiger partial charge on any atom is -1.00 e. The van der Waals surface area contributed by atoms with E-state index < -0.39 is 6.09 Å². The number of amides is 1. The summed E-state index contributed by atoms with van der Waals surface area (Å²) in [6.45, 7) is 0. The Balaban J connectivity index is 0.00000208. The first-order valence-corrected chi connectivity index (χ1v) is 7.07. The smallest absolute Gasteiger partial charge is 0.417 e. The van der Waals surface area contributed by atoms with E-state index in [-0.39, 0.29) is 12.4 Å². The lowest BCUT2D eigenvalue weighted by molar-refractivity contribution is -0.378. The van der Waals surface area contributed by atoms with E-state index >= 15 is 0 Å². The second-order valence-electron chi connectivity index (χ2n) is 4.69. The average molecular weight is 343 g/mol. The zero-order valence-corrected chi connectivity index (χ0v) is 13.4. The molecule has 0 atom stereocenters. The molecule has 6 heteroatoms. The molecule has 0 saturated carbocycles. The van der Waals surface area contributed by atoms with Gasteiger partial charge in [0.1, 0.15) is 11.5 Å². The van der Waals surface area contributed by atoms with Crippen LogP contribution in [0.1, 0.15) is 0 Å². The molecule has 0 unspecified atom stereocenters. The fourth-order valence-electron chi connectivity index (χ4n) is 1.92. The number of H-pyrrole nitrogens is 1. The molecule has 122 valence electrons. The molecule has 3 aromatic rings. The topological polar surface area (TPSA) is 61.7 Å². The molecule has 0 radical (unpaired) electrons. The molecule has 0 saturated heterocycles. The SMILES string of the molecule is O=C(Nc1ccc(Oc2ccc[nH+]c2)cc1)Oc1ccccc1.[Cl-]. The lowest BCUT2D eigenvalue weighted by Gasteiger charge is -2.08. The van der Waals surface area contributed by atoms with Crippen LogP contribution in [0.25, 0.3) is 0 Å². The number of rotatable bonds is 4. The lowest BCUT2D eigenvalue weighted by atomic mass is 10.3. The number of carbonyl (C=O) groups is 1. The van der Waals surface area contributed by atoms with Crippen molar-refractivity contribution in [3.05, 3.63) is 79.1 Å². The number of aromatic amines is 1. The van der Waals surface area contributed by atoms with Crippen molar-refractivity contribution in [1.29, 1.82) is 0 Å². The molecule has 0 bridgehead atoms. The van der Waals surface area contributed by atoms with Crippen LogP contribution >= 0.6 is 0 Å². The predicted molar refractivity (Wildman–Crippen MR) is 85.6 cm³/mol. The molecule has 0 aliphatic rings. The highest BCUT2D eigenvalue weighted by Crippen LogP contribution is 2.21. The number of carbonyl (C=O) groups excluding carboxylic acids is 1. The maximum Gasteiger partial charge on any atom is 0.417 e. The number of ether oxygens (including phenoxy) is 2. The van der Waals surface area contributed by atoms with Gasteiger partial charge in [-0.25, -0.2) is 9.78 Å². The van der Waals surface area contributed by atoms with Gasteiger partial charge in [0.15, 0.2) is 11.9 Å². The minimum atomic E-state index is -0.539. The zero-order valence-electron chi connectivity index (χ0n) is 12.6. The average Bonchev–Trinajstić information content (AvgIpc) is 2.58. The van der Waals surface area contributed by atoms with Crippen LogP contribution in [0, 0.1) is 0 Å². The summed E-state index contributed by atoms with van der Waals surface area (Å²) in [6.07, 6.45) is 3.02. The Morgan fingerprint density at radius 3 is 2.21 bits per heavy atom. The first-order chi connectivity index (χ1) is 11.3. The summed E-state index contributed by atoms with van der Waals surface area (Å²) >= 11 is 0. The van der Waals surface area contributed by atoms with E-state index in [1.54, 1.807) is 60.9 Å². The molecule has 0 spiro atoms. The van der Waals surface area contributed by atoms with Crippen LogP contribution in [0.4, 0.5) is 10.5 Å². The van der Waals surface area contributed by atoms with Crippen molar-refractivity contribution >= 4 is 11.8 Å². The Labute approximate surface area is 145 Å².